The summed E-state index contributed by atoms with van der Waals surface area (Å²) in [5.41, 5.74) is 1.79. The Morgan fingerprint density at radius 2 is 1.85 bits per heavy atom. The van der Waals surface area contributed by atoms with Crippen LogP contribution in [0.2, 0.25) is 0 Å². The third-order valence-electron chi connectivity index (χ3n) is 4.01. The highest BCUT2D eigenvalue weighted by molar-refractivity contribution is 7.99. The van der Waals surface area contributed by atoms with E-state index in [4.69, 9.17) is 9.47 Å². The monoisotopic (exact) mass is 370 g/mol. The number of ether oxygens (including phenoxy) is 2. The number of hydrogen-bond acceptors (Lipinski definition) is 5. The van der Waals surface area contributed by atoms with Gasteiger partial charge >= 0.3 is 0 Å². The van der Waals surface area contributed by atoms with Crippen molar-refractivity contribution in [3.8, 4) is 5.75 Å². The lowest BCUT2D eigenvalue weighted by atomic mass is 10.2. The van der Waals surface area contributed by atoms with Gasteiger partial charge in [-0.05, 0) is 30.7 Å². The number of methoxy groups -OCH3 is 1. The number of aromatic nitrogens is 2. The first-order chi connectivity index (χ1) is 12.7. The molecule has 5 nitrogen and oxygen atoms in total. The van der Waals surface area contributed by atoms with Gasteiger partial charge in [0.2, 0.25) is 0 Å². The maximum atomic E-state index is 12.8. The van der Waals surface area contributed by atoms with Crippen LogP contribution in [-0.4, -0.2) is 35.6 Å². The van der Waals surface area contributed by atoms with Crippen LogP contribution in [0.1, 0.15) is 5.56 Å². The summed E-state index contributed by atoms with van der Waals surface area (Å²) in [7, 11) is 1.63. The van der Waals surface area contributed by atoms with Crippen molar-refractivity contribution in [3.05, 3.63) is 64.4 Å². The number of thioether (sulfide) groups is 1. The average Bonchev–Trinajstić information content (AvgIpc) is 2.66. The summed E-state index contributed by atoms with van der Waals surface area (Å²) in [6, 6.07) is 15.4. The van der Waals surface area contributed by atoms with Gasteiger partial charge in [-0.3, -0.25) is 9.36 Å². The molecule has 0 radical (unpaired) electrons. The lowest BCUT2D eigenvalue weighted by Gasteiger charge is -2.13. The number of rotatable bonds is 8. The second kappa shape index (κ2) is 8.87. The van der Waals surface area contributed by atoms with Gasteiger partial charge < -0.3 is 9.47 Å². The summed E-state index contributed by atoms with van der Waals surface area (Å²) < 4.78 is 12.7. The maximum Gasteiger partial charge on any atom is 0.262 e. The predicted molar refractivity (Wildman–Crippen MR) is 105 cm³/mol. The Kier molecular flexibility index (Phi) is 6.30. The van der Waals surface area contributed by atoms with Crippen molar-refractivity contribution in [1.82, 2.24) is 9.55 Å². The highest BCUT2D eigenvalue weighted by Crippen LogP contribution is 2.20. The molecule has 0 unspecified atom stereocenters. The van der Waals surface area contributed by atoms with Crippen molar-refractivity contribution >= 4 is 22.7 Å². The van der Waals surface area contributed by atoms with Crippen LogP contribution in [0.5, 0.6) is 5.75 Å². The van der Waals surface area contributed by atoms with E-state index in [1.165, 1.54) is 11.8 Å². The standard InChI is InChI=1S/C20H22N2O3S/c1-15-7-3-6-10-18(15)25-13-14-26-20-21-17-9-5-4-8-16(17)19(23)22(20)11-12-24-2/h3-10H,11-14H2,1-2H3. The number of aryl methyl sites for hydroxylation is 1. The van der Waals surface area contributed by atoms with Crippen molar-refractivity contribution in [2.24, 2.45) is 0 Å². The van der Waals surface area contributed by atoms with E-state index in [0.717, 1.165) is 11.3 Å². The Labute approximate surface area is 157 Å². The predicted octanol–water partition coefficient (Wildman–Crippen LogP) is 3.52. The molecule has 0 aliphatic heterocycles. The van der Waals surface area contributed by atoms with Crippen molar-refractivity contribution in [3.63, 3.8) is 0 Å². The number of benzene rings is 2. The van der Waals surface area contributed by atoms with Crippen LogP contribution in [0, 0.1) is 6.92 Å². The number of hydrogen-bond donors (Lipinski definition) is 0. The molecule has 0 atom stereocenters. The molecule has 0 bridgehead atoms. The Hall–Kier alpha value is -2.31. The Morgan fingerprint density at radius 3 is 2.65 bits per heavy atom. The fraction of sp³-hybridized carbons (Fsp3) is 0.300. The number of fused-ring (bicyclic) bond motifs is 1. The molecule has 26 heavy (non-hydrogen) atoms. The van der Waals surface area contributed by atoms with Crippen LogP contribution in [0.25, 0.3) is 10.9 Å². The minimum absolute atomic E-state index is 0.0324. The smallest absolute Gasteiger partial charge is 0.262 e. The van der Waals surface area contributed by atoms with Crippen LogP contribution in [0.15, 0.2) is 58.5 Å². The molecule has 3 aromatic rings. The highest BCUT2D eigenvalue weighted by Gasteiger charge is 2.11. The largest absolute Gasteiger partial charge is 0.492 e. The Balaban J connectivity index is 1.75. The first-order valence-electron chi connectivity index (χ1n) is 8.50. The van der Waals surface area contributed by atoms with E-state index in [9.17, 15) is 4.79 Å². The average molecular weight is 370 g/mol. The molecule has 0 N–H and O–H groups in total. The molecular formula is C20H22N2O3S. The third kappa shape index (κ3) is 4.26. The molecule has 6 heteroatoms. The summed E-state index contributed by atoms with van der Waals surface area (Å²) in [6.07, 6.45) is 0. The second-order valence-corrected chi connectivity index (χ2v) is 6.89. The molecule has 0 aliphatic rings. The summed E-state index contributed by atoms with van der Waals surface area (Å²) >= 11 is 1.52. The van der Waals surface area contributed by atoms with Crippen molar-refractivity contribution < 1.29 is 9.47 Å². The zero-order valence-corrected chi connectivity index (χ0v) is 15.8. The van der Waals surface area contributed by atoms with Gasteiger partial charge in [0.25, 0.3) is 5.56 Å². The molecule has 136 valence electrons. The van der Waals surface area contributed by atoms with E-state index in [1.54, 1.807) is 11.7 Å². The molecule has 2 aromatic carbocycles. The Morgan fingerprint density at radius 1 is 1.08 bits per heavy atom. The van der Waals surface area contributed by atoms with Crippen LogP contribution < -0.4 is 10.3 Å². The van der Waals surface area contributed by atoms with Crippen molar-refractivity contribution in [1.29, 1.82) is 0 Å². The van der Waals surface area contributed by atoms with Crippen LogP contribution in [-0.2, 0) is 11.3 Å². The van der Waals surface area contributed by atoms with Gasteiger partial charge in [-0.25, -0.2) is 4.98 Å². The van der Waals surface area contributed by atoms with Gasteiger partial charge in [0, 0.05) is 12.9 Å². The van der Waals surface area contributed by atoms with E-state index >= 15 is 0 Å². The van der Waals surface area contributed by atoms with E-state index in [2.05, 4.69) is 4.98 Å². The quantitative estimate of drug-likeness (QED) is 0.345. The summed E-state index contributed by atoms with van der Waals surface area (Å²) in [6.45, 7) is 3.51. The first kappa shape index (κ1) is 18.5. The van der Waals surface area contributed by atoms with Crippen LogP contribution >= 0.6 is 11.8 Å². The fourth-order valence-electron chi connectivity index (χ4n) is 2.64. The Bertz CT molecular complexity index is 940. The molecule has 3 rings (SSSR count). The SMILES string of the molecule is COCCn1c(SCCOc2ccccc2C)nc2ccccc2c1=O. The minimum atomic E-state index is -0.0324. The molecule has 0 saturated heterocycles. The highest BCUT2D eigenvalue weighted by atomic mass is 32.2. The zero-order valence-electron chi connectivity index (χ0n) is 15.0. The minimum Gasteiger partial charge on any atom is -0.492 e. The summed E-state index contributed by atoms with van der Waals surface area (Å²) in [5.74, 6) is 1.59. The number of nitrogens with zero attached hydrogens (tertiary/aromatic N) is 2. The van der Waals surface area contributed by atoms with Gasteiger partial charge in [0.05, 0.1) is 30.7 Å². The molecule has 0 aliphatic carbocycles. The van der Waals surface area contributed by atoms with Gasteiger partial charge in [0.15, 0.2) is 5.16 Å². The molecular weight excluding hydrogens is 348 g/mol. The molecule has 0 saturated carbocycles. The lowest BCUT2D eigenvalue weighted by Crippen LogP contribution is -2.25. The van der Waals surface area contributed by atoms with E-state index in [-0.39, 0.29) is 5.56 Å². The van der Waals surface area contributed by atoms with Crippen molar-refractivity contribution in [2.45, 2.75) is 18.6 Å². The second-order valence-electron chi connectivity index (χ2n) is 5.82. The van der Waals surface area contributed by atoms with Crippen molar-refractivity contribution in [2.75, 3.05) is 26.1 Å². The zero-order chi connectivity index (χ0) is 18.4. The van der Waals surface area contributed by atoms with Crippen LogP contribution in [0.4, 0.5) is 0 Å². The van der Waals surface area contributed by atoms with E-state index in [0.29, 0.717) is 41.6 Å². The van der Waals surface area contributed by atoms with Gasteiger partial charge in [-0.1, -0.05) is 42.1 Å². The van der Waals surface area contributed by atoms with E-state index < -0.39 is 0 Å². The third-order valence-corrected chi connectivity index (χ3v) is 4.95. The maximum absolute atomic E-state index is 12.8. The summed E-state index contributed by atoms with van der Waals surface area (Å²) in [4.78, 5) is 17.4. The van der Waals surface area contributed by atoms with E-state index in [1.807, 2.05) is 55.5 Å². The van der Waals surface area contributed by atoms with Gasteiger partial charge in [-0.15, -0.1) is 0 Å². The van der Waals surface area contributed by atoms with Crippen LogP contribution in [0.3, 0.4) is 0 Å². The summed E-state index contributed by atoms with van der Waals surface area (Å²) in [5, 5.41) is 1.32. The molecule has 0 fully saturated rings. The lowest BCUT2D eigenvalue weighted by molar-refractivity contribution is 0.183. The molecule has 1 heterocycles. The molecule has 0 amide bonds. The topological polar surface area (TPSA) is 53.4 Å². The normalized spacial score (nSPS) is 11.0. The fourth-order valence-corrected chi connectivity index (χ4v) is 3.48. The first-order valence-corrected chi connectivity index (χ1v) is 9.49. The molecule has 0 spiro atoms. The van der Waals surface area contributed by atoms with Gasteiger partial charge in [0.1, 0.15) is 5.75 Å². The van der Waals surface area contributed by atoms with Gasteiger partial charge in [-0.2, -0.15) is 0 Å². The molecule has 1 aromatic heterocycles. The number of para-hydroxylation sites is 2.